The van der Waals surface area contributed by atoms with Crippen molar-refractivity contribution in [3.05, 3.63) is 108 Å². The monoisotopic (exact) mass is 461 g/mol. The van der Waals surface area contributed by atoms with Gasteiger partial charge in [-0.3, -0.25) is 4.72 Å². The van der Waals surface area contributed by atoms with E-state index in [9.17, 15) is 12.8 Å². The van der Waals surface area contributed by atoms with Gasteiger partial charge < -0.3 is 9.47 Å². The van der Waals surface area contributed by atoms with Crippen LogP contribution in [0.4, 0.5) is 10.1 Å². The van der Waals surface area contributed by atoms with Gasteiger partial charge in [0.25, 0.3) is 10.0 Å². The molecule has 1 N–H and O–H groups in total. The van der Waals surface area contributed by atoms with E-state index in [4.69, 9.17) is 9.47 Å². The molecule has 166 valence electrons. The number of ether oxygens (including phenoxy) is 2. The molecule has 0 fully saturated rings. The first kappa shape index (κ1) is 21.0. The van der Waals surface area contributed by atoms with Crippen LogP contribution in [-0.4, -0.2) is 15.5 Å². The molecule has 33 heavy (non-hydrogen) atoms. The molecule has 0 saturated heterocycles. The van der Waals surface area contributed by atoms with Gasteiger partial charge in [0.15, 0.2) is 0 Å². The molecule has 7 heteroatoms. The van der Waals surface area contributed by atoms with E-state index in [1.54, 1.807) is 19.2 Å². The Balaban J connectivity index is 1.64. The van der Waals surface area contributed by atoms with Crippen LogP contribution in [0.1, 0.15) is 17.2 Å². The molecule has 1 aliphatic heterocycles. The molecule has 0 saturated carbocycles. The summed E-state index contributed by atoms with van der Waals surface area (Å²) in [4.78, 5) is -0.411. The van der Waals surface area contributed by atoms with Crippen molar-refractivity contribution in [1.29, 1.82) is 0 Å². The number of halogens is 1. The predicted molar refractivity (Wildman–Crippen MR) is 125 cm³/mol. The third-order valence-electron chi connectivity index (χ3n) is 5.54. The zero-order chi connectivity index (χ0) is 23.0. The van der Waals surface area contributed by atoms with Crippen LogP contribution in [0.5, 0.6) is 11.5 Å². The molecule has 0 aromatic heterocycles. The largest absolute Gasteiger partial charge is 0.496 e. The number of hydrogen-bond acceptors (Lipinski definition) is 4. The Labute approximate surface area is 191 Å². The van der Waals surface area contributed by atoms with Crippen molar-refractivity contribution >= 4 is 15.7 Å². The van der Waals surface area contributed by atoms with Crippen molar-refractivity contribution in [1.82, 2.24) is 0 Å². The highest BCUT2D eigenvalue weighted by Crippen LogP contribution is 2.49. The SMILES string of the molecule is COc1cccc2c1-c1ccc(NS(=O)(=O)c3ccccc3F)cc1C(c1ccccc1)O2. The molecule has 0 spiro atoms. The first-order valence-corrected chi connectivity index (χ1v) is 11.8. The lowest BCUT2D eigenvalue weighted by molar-refractivity contribution is 0.242. The second-order valence-electron chi connectivity index (χ2n) is 7.58. The summed E-state index contributed by atoms with van der Waals surface area (Å²) >= 11 is 0. The fourth-order valence-electron chi connectivity index (χ4n) is 4.05. The van der Waals surface area contributed by atoms with Crippen molar-refractivity contribution in [2.45, 2.75) is 11.0 Å². The van der Waals surface area contributed by atoms with E-state index in [0.29, 0.717) is 17.2 Å². The molecule has 1 aliphatic rings. The van der Waals surface area contributed by atoms with Crippen LogP contribution in [0.25, 0.3) is 11.1 Å². The molecule has 1 atom stereocenters. The summed E-state index contributed by atoms with van der Waals surface area (Å²) in [6.07, 6.45) is -0.460. The Morgan fingerprint density at radius 3 is 2.42 bits per heavy atom. The first-order valence-electron chi connectivity index (χ1n) is 10.3. The average molecular weight is 462 g/mol. The van der Waals surface area contributed by atoms with Crippen molar-refractivity contribution in [3.8, 4) is 22.6 Å². The van der Waals surface area contributed by atoms with Crippen LogP contribution in [0.15, 0.2) is 95.9 Å². The van der Waals surface area contributed by atoms with E-state index in [1.165, 1.54) is 18.2 Å². The fraction of sp³-hybridized carbons (Fsp3) is 0.0769. The molecule has 0 aliphatic carbocycles. The maximum atomic E-state index is 14.1. The molecule has 0 bridgehead atoms. The molecule has 5 nitrogen and oxygen atoms in total. The van der Waals surface area contributed by atoms with E-state index in [2.05, 4.69) is 4.72 Å². The van der Waals surface area contributed by atoms with Crippen LogP contribution >= 0.6 is 0 Å². The summed E-state index contributed by atoms with van der Waals surface area (Å²) in [7, 11) is -2.52. The second-order valence-corrected chi connectivity index (χ2v) is 9.23. The Bertz CT molecular complexity index is 1440. The lowest BCUT2D eigenvalue weighted by Gasteiger charge is -2.30. The van der Waals surface area contributed by atoms with E-state index >= 15 is 0 Å². The highest BCUT2D eigenvalue weighted by molar-refractivity contribution is 7.92. The van der Waals surface area contributed by atoms with Crippen LogP contribution < -0.4 is 14.2 Å². The predicted octanol–water partition coefficient (Wildman–Crippen LogP) is 5.78. The summed E-state index contributed by atoms with van der Waals surface area (Å²) in [5.41, 5.74) is 3.66. The second kappa shape index (κ2) is 8.26. The number of benzene rings is 4. The van der Waals surface area contributed by atoms with E-state index < -0.39 is 26.8 Å². The van der Waals surface area contributed by atoms with Gasteiger partial charge in [-0.2, -0.15) is 0 Å². The zero-order valence-corrected chi connectivity index (χ0v) is 18.5. The molecule has 0 radical (unpaired) electrons. The number of anilines is 1. The first-order chi connectivity index (χ1) is 16.0. The molecule has 5 rings (SSSR count). The summed E-state index contributed by atoms with van der Waals surface area (Å²) in [5.74, 6) is 0.516. The van der Waals surface area contributed by atoms with Gasteiger partial charge in [-0.05, 0) is 47.5 Å². The van der Waals surface area contributed by atoms with Crippen LogP contribution in [0, 0.1) is 5.82 Å². The third kappa shape index (κ3) is 3.81. The number of nitrogens with one attached hydrogen (secondary N) is 1. The highest BCUT2D eigenvalue weighted by Gasteiger charge is 2.30. The maximum absolute atomic E-state index is 14.1. The van der Waals surface area contributed by atoms with Gasteiger partial charge >= 0.3 is 0 Å². The van der Waals surface area contributed by atoms with Crippen LogP contribution in [0.3, 0.4) is 0 Å². The van der Waals surface area contributed by atoms with E-state index in [-0.39, 0.29) is 0 Å². The quantitative estimate of drug-likeness (QED) is 0.409. The molecular weight excluding hydrogens is 441 g/mol. The molecule has 0 amide bonds. The van der Waals surface area contributed by atoms with E-state index in [1.807, 2.05) is 54.6 Å². The van der Waals surface area contributed by atoms with Crippen LogP contribution in [-0.2, 0) is 10.0 Å². The number of sulfonamides is 1. The van der Waals surface area contributed by atoms with Gasteiger partial charge in [0.05, 0.1) is 12.7 Å². The van der Waals surface area contributed by atoms with Crippen molar-refractivity contribution in [3.63, 3.8) is 0 Å². The smallest absolute Gasteiger partial charge is 0.264 e. The Hall–Kier alpha value is -3.84. The highest BCUT2D eigenvalue weighted by atomic mass is 32.2. The standard InChI is InChI=1S/C26H20FNO4S/c1-31-22-11-7-12-23-25(22)19-15-14-18(28-33(29,30)24-13-6-5-10-21(24)27)16-20(19)26(32-23)17-8-3-2-4-9-17/h2-16,26,28H,1H3. The van der Waals surface area contributed by atoms with Gasteiger partial charge in [-0.25, -0.2) is 12.8 Å². The van der Waals surface area contributed by atoms with Gasteiger partial charge in [-0.1, -0.05) is 54.6 Å². The number of hydrogen-bond donors (Lipinski definition) is 1. The van der Waals surface area contributed by atoms with Crippen molar-refractivity contribution in [2.75, 3.05) is 11.8 Å². The van der Waals surface area contributed by atoms with Crippen LogP contribution in [0.2, 0.25) is 0 Å². The summed E-state index contributed by atoms with van der Waals surface area (Å²) in [6, 6.07) is 25.7. The number of fused-ring (bicyclic) bond motifs is 3. The normalized spacial score (nSPS) is 14.5. The lowest BCUT2D eigenvalue weighted by Crippen LogP contribution is -2.18. The number of rotatable bonds is 5. The lowest BCUT2D eigenvalue weighted by atomic mass is 9.89. The summed E-state index contributed by atoms with van der Waals surface area (Å²) < 4.78 is 54.2. The molecule has 4 aromatic rings. The summed E-state index contributed by atoms with van der Waals surface area (Å²) in [5, 5.41) is 0. The molecule has 1 heterocycles. The minimum absolute atomic E-state index is 0.305. The molecule has 1 unspecified atom stereocenters. The zero-order valence-electron chi connectivity index (χ0n) is 17.7. The maximum Gasteiger partial charge on any atom is 0.264 e. The Morgan fingerprint density at radius 2 is 1.67 bits per heavy atom. The van der Waals surface area contributed by atoms with Gasteiger partial charge in [0.2, 0.25) is 0 Å². The van der Waals surface area contributed by atoms with Gasteiger partial charge in [-0.15, -0.1) is 0 Å². The molecule has 4 aromatic carbocycles. The van der Waals surface area contributed by atoms with Crippen molar-refractivity contribution < 1.29 is 22.3 Å². The minimum Gasteiger partial charge on any atom is -0.496 e. The average Bonchev–Trinajstić information content (AvgIpc) is 2.83. The summed E-state index contributed by atoms with van der Waals surface area (Å²) in [6.45, 7) is 0. The topological polar surface area (TPSA) is 64.6 Å². The molecular formula is C26H20FNO4S. The van der Waals surface area contributed by atoms with E-state index in [0.717, 1.165) is 28.3 Å². The fourth-order valence-corrected chi connectivity index (χ4v) is 5.18. The Kier molecular flexibility index (Phi) is 5.26. The van der Waals surface area contributed by atoms with Gasteiger partial charge in [0.1, 0.15) is 28.3 Å². The number of methoxy groups -OCH3 is 1. The third-order valence-corrected chi connectivity index (χ3v) is 6.95. The van der Waals surface area contributed by atoms with Gasteiger partial charge in [0, 0.05) is 11.3 Å². The van der Waals surface area contributed by atoms with Crippen molar-refractivity contribution in [2.24, 2.45) is 0 Å². The Morgan fingerprint density at radius 1 is 0.909 bits per heavy atom. The minimum atomic E-state index is -4.12.